The van der Waals surface area contributed by atoms with E-state index in [4.69, 9.17) is 5.73 Å². The van der Waals surface area contributed by atoms with E-state index in [9.17, 15) is 0 Å². The highest BCUT2D eigenvalue weighted by Crippen LogP contribution is 2.20. The van der Waals surface area contributed by atoms with Gasteiger partial charge in [-0.15, -0.1) is 0 Å². The second kappa shape index (κ2) is 3.50. The van der Waals surface area contributed by atoms with Gasteiger partial charge < -0.3 is 5.73 Å². The fourth-order valence-corrected chi connectivity index (χ4v) is 1.36. The monoisotopic (exact) mass is 184 g/mol. The van der Waals surface area contributed by atoms with E-state index >= 15 is 0 Å². The average Bonchev–Trinajstić information content (AvgIpc) is 2.19. The molecule has 0 atom stereocenters. The largest absolute Gasteiger partial charge is 0.397 e. The van der Waals surface area contributed by atoms with E-state index in [1.54, 1.807) is 6.20 Å². The summed E-state index contributed by atoms with van der Waals surface area (Å²) in [4.78, 5) is 4.06. The van der Waals surface area contributed by atoms with Gasteiger partial charge in [0.15, 0.2) is 0 Å². The maximum absolute atomic E-state index is 5.66. The molecule has 2 heteroatoms. The number of nitrogens with zero attached hydrogens (tertiary/aromatic N) is 1. The molecule has 2 rings (SSSR count). The Labute approximate surface area is 83.4 Å². The van der Waals surface area contributed by atoms with Crippen molar-refractivity contribution in [2.24, 2.45) is 0 Å². The van der Waals surface area contributed by atoms with Gasteiger partial charge in [0.05, 0.1) is 5.69 Å². The molecular weight excluding hydrogens is 172 g/mol. The molecule has 1 aromatic heterocycles. The molecule has 0 fully saturated rings. The minimum Gasteiger partial charge on any atom is -0.397 e. The highest BCUT2D eigenvalue weighted by Gasteiger charge is 1.97. The highest BCUT2D eigenvalue weighted by molar-refractivity contribution is 5.65. The number of hydrogen-bond acceptors (Lipinski definition) is 2. The molecule has 0 spiro atoms. The first-order valence-corrected chi connectivity index (χ1v) is 4.53. The number of rotatable bonds is 1. The van der Waals surface area contributed by atoms with Gasteiger partial charge in [-0.1, -0.05) is 29.8 Å². The predicted octanol–water partition coefficient (Wildman–Crippen LogP) is 2.64. The second-order valence-corrected chi connectivity index (χ2v) is 3.37. The van der Waals surface area contributed by atoms with Gasteiger partial charge in [0.2, 0.25) is 0 Å². The van der Waals surface area contributed by atoms with Crippen LogP contribution >= 0.6 is 0 Å². The molecule has 70 valence electrons. The van der Waals surface area contributed by atoms with E-state index in [0.717, 1.165) is 11.1 Å². The zero-order chi connectivity index (χ0) is 9.97. The van der Waals surface area contributed by atoms with Gasteiger partial charge in [-0.05, 0) is 18.6 Å². The van der Waals surface area contributed by atoms with Gasteiger partial charge >= 0.3 is 0 Å². The van der Waals surface area contributed by atoms with Crippen molar-refractivity contribution in [1.29, 1.82) is 0 Å². The number of benzene rings is 1. The first-order chi connectivity index (χ1) is 6.75. The Hall–Kier alpha value is -1.83. The van der Waals surface area contributed by atoms with Crippen molar-refractivity contribution in [1.82, 2.24) is 4.98 Å². The highest BCUT2D eigenvalue weighted by atomic mass is 14.7. The fraction of sp³-hybridized carbons (Fsp3) is 0.0833. The predicted molar refractivity (Wildman–Crippen MR) is 58.8 cm³/mol. The molecule has 0 aliphatic carbocycles. The summed E-state index contributed by atoms with van der Waals surface area (Å²) in [6.45, 7) is 2.07. The molecule has 0 unspecified atom stereocenters. The van der Waals surface area contributed by atoms with Crippen molar-refractivity contribution in [2.75, 3.05) is 5.73 Å². The van der Waals surface area contributed by atoms with E-state index in [2.05, 4.69) is 36.2 Å². The summed E-state index contributed by atoms with van der Waals surface area (Å²) in [5.41, 5.74) is 9.82. The van der Waals surface area contributed by atoms with Crippen molar-refractivity contribution in [3.8, 4) is 11.1 Å². The summed E-state index contributed by atoms with van der Waals surface area (Å²) in [6.07, 6.45) is 3.47. The number of nitrogen functional groups attached to an aromatic ring is 1. The Morgan fingerprint density at radius 1 is 1.00 bits per heavy atom. The lowest BCUT2D eigenvalue weighted by Crippen LogP contribution is -1.87. The quantitative estimate of drug-likeness (QED) is 0.740. The second-order valence-electron chi connectivity index (χ2n) is 3.37. The van der Waals surface area contributed by atoms with Crippen molar-refractivity contribution < 1.29 is 0 Å². The molecule has 0 radical (unpaired) electrons. The first-order valence-electron chi connectivity index (χ1n) is 4.53. The SMILES string of the molecule is Cc1ccc(-c2cncc(N)c2)cc1. The fourth-order valence-electron chi connectivity index (χ4n) is 1.36. The Bertz CT molecular complexity index is 432. The van der Waals surface area contributed by atoms with Crippen molar-refractivity contribution in [3.63, 3.8) is 0 Å². The summed E-state index contributed by atoms with van der Waals surface area (Å²) in [6, 6.07) is 10.2. The number of nitrogens with two attached hydrogens (primary N) is 1. The van der Waals surface area contributed by atoms with Crippen molar-refractivity contribution >= 4 is 5.69 Å². The van der Waals surface area contributed by atoms with Crippen LogP contribution in [0.1, 0.15) is 5.56 Å². The van der Waals surface area contributed by atoms with Crippen LogP contribution in [0, 0.1) is 6.92 Å². The molecule has 1 aromatic carbocycles. The maximum atomic E-state index is 5.66. The standard InChI is InChI=1S/C12H12N2/c1-9-2-4-10(5-3-9)11-6-12(13)8-14-7-11/h2-8H,13H2,1H3. The third-order valence-electron chi connectivity index (χ3n) is 2.14. The zero-order valence-electron chi connectivity index (χ0n) is 8.07. The Kier molecular flexibility index (Phi) is 2.19. The van der Waals surface area contributed by atoms with E-state index in [1.165, 1.54) is 5.56 Å². The van der Waals surface area contributed by atoms with Crippen LogP contribution in [-0.2, 0) is 0 Å². The van der Waals surface area contributed by atoms with Gasteiger partial charge in [0.25, 0.3) is 0 Å². The molecule has 0 bridgehead atoms. The Balaban J connectivity index is 2.44. The molecule has 2 aromatic rings. The maximum Gasteiger partial charge on any atom is 0.0506 e. The molecule has 0 amide bonds. The molecule has 0 aliphatic rings. The first kappa shape index (κ1) is 8.75. The van der Waals surface area contributed by atoms with E-state index in [0.29, 0.717) is 5.69 Å². The molecule has 0 saturated carbocycles. The number of aromatic nitrogens is 1. The molecule has 0 aliphatic heterocycles. The number of anilines is 1. The molecule has 2 N–H and O–H groups in total. The third-order valence-corrected chi connectivity index (χ3v) is 2.14. The van der Waals surface area contributed by atoms with Crippen LogP contribution in [0.4, 0.5) is 5.69 Å². The zero-order valence-corrected chi connectivity index (χ0v) is 8.07. The van der Waals surface area contributed by atoms with Gasteiger partial charge in [0.1, 0.15) is 0 Å². The summed E-state index contributed by atoms with van der Waals surface area (Å²) in [7, 11) is 0. The molecule has 14 heavy (non-hydrogen) atoms. The normalized spacial score (nSPS) is 10.1. The van der Waals surface area contributed by atoms with Crippen LogP contribution in [0.5, 0.6) is 0 Å². The minimum atomic E-state index is 0.697. The molecule has 0 saturated heterocycles. The lowest BCUT2D eigenvalue weighted by Gasteiger charge is -2.02. The van der Waals surface area contributed by atoms with Crippen LogP contribution in [0.25, 0.3) is 11.1 Å². The van der Waals surface area contributed by atoms with Gasteiger partial charge in [-0.3, -0.25) is 4.98 Å². The smallest absolute Gasteiger partial charge is 0.0506 e. The Morgan fingerprint density at radius 3 is 2.36 bits per heavy atom. The van der Waals surface area contributed by atoms with Crippen LogP contribution in [0.2, 0.25) is 0 Å². The number of hydrogen-bond donors (Lipinski definition) is 1. The average molecular weight is 184 g/mol. The number of aryl methyl sites for hydroxylation is 1. The van der Waals surface area contributed by atoms with Gasteiger partial charge in [-0.2, -0.15) is 0 Å². The minimum absolute atomic E-state index is 0.697. The summed E-state index contributed by atoms with van der Waals surface area (Å²) in [5.74, 6) is 0. The van der Waals surface area contributed by atoms with Crippen molar-refractivity contribution in [3.05, 3.63) is 48.3 Å². The van der Waals surface area contributed by atoms with Gasteiger partial charge in [-0.25, -0.2) is 0 Å². The van der Waals surface area contributed by atoms with E-state index in [1.807, 2.05) is 12.3 Å². The van der Waals surface area contributed by atoms with E-state index < -0.39 is 0 Å². The molecule has 2 nitrogen and oxygen atoms in total. The van der Waals surface area contributed by atoms with Crippen LogP contribution in [0.15, 0.2) is 42.7 Å². The topological polar surface area (TPSA) is 38.9 Å². The summed E-state index contributed by atoms with van der Waals surface area (Å²) >= 11 is 0. The van der Waals surface area contributed by atoms with E-state index in [-0.39, 0.29) is 0 Å². The molecular formula is C12H12N2. The van der Waals surface area contributed by atoms with Crippen LogP contribution < -0.4 is 5.73 Å². The van der Waals surface area contributed by atoms with Crippen LogP contribution in [0.3, 0.4) is 0 Å². The summed E-state index contributed by atoms with van der Waals surface area (Å²) < 4.78 is 0. The lowest BCUT2D eigenvalue weighted by molar-refractivity contribution is 1.33. The van der Waals surface area contributed by atoms with Crippen molar-refractivity contribution in [2.45, 2.75) is 6.92 Å². The Morgan fingerprint density at radius 2 is 1.71 bits per heavy atom. The van der Waals surface area contributed by atoms with Crippen LogP contribution in [-0.4, -0.2) is 4.98 Å². The summed E-state index contributed by atoms with van der Waals surface area (Å²) in [5, 5.41) is 0. The lowest BCUT2D eigenvalue weighted by atomic mass is 10.1. The molecule has 1 heterocycles. The third kappa shape index (κ3) is 1.74. The number of pyridine rings is 1. The van der Waals surface area contributed by atoms with Gasteiger partial charge in [0, 0.05) is 18.0 Å².